The molecule has 0 aromatic heterocycles. The number of unbranched alkanes of at least 4 members (excludes halogenated alkanes) is 9. The van der Waals surface area contributed by atoms with E-state index in [1.54, 1.807) is 0 Å². The Balaban J connectivity index is 4.40. The third-order valence-corrected chi connectivity index (χ3v) is 9.84. The molecule has 10 heteroatoms. The summed E-state index contributed by atoms with van der Waals surface area (Å²) in [6.45, 7) is 4.08. The molecule has 2 atom stereocenters. The first kappa shape index (κ1) is 56.7. The summed E-state index contributed by atoms with van der Waals surface area (Å²) in [6.07, 6.45) is 55.7. The molecule has 0 aromatic rings. The maximum Gasteiger partial charge on any atom is 0.472 e. The maximum absolute atomic E-state index is 12.7. The molecule has 0 bridgehead atoms. The summed E-state index contributed by atoms with van der Waals surface area (Å²) in [5.41, 5.74) is 0. The van der Waals surface area contributed by atoms with E-state index >= 15 is 0 Å². The van der Waals surface area contributed by atoms with Crippen molar-refractivity contribution < 1.29 is 42.1 Å². The molecular formula is C50H83NO8P+. The number of rotatable bonds is 39. The lowest BCUT2D eigenvalue weighted by molar-refractivity contribution is -0.870. The lowest BCUT2D eigenvalue weighted by Gasteiger charge is -2.24. The molecule has 0 heterocycles. The molecule has 0 saturated carbocycles. The van der Waals surface area contributed by atoms with Gasteiger partial charge in [0.05, 0.1) is 27.7 Å². The SMILES string of the molecule is CC/C=C/C=C/C=C/CCCCCCCC(=O)OC(COC(=O)CCCCCC/C=C/C/C=C/C/C=C/C/C=C/C/C=C/C/C=C/CC)COP(=O)(O)OCC[N+](C)(C)C. The van der Waals surface area contributed by atoms with E-state index in [1.807, 2.05) is 39.4 Å². The molecular weight excluding hydrogens is 774 g/mol. The Hall–Kier alpha value is -3.33. The van der Waals surface area contributed by atoms with Gasteiger partial charge < -0.3 is 18.9 Å². The van der Waals surface area contributed by atoms with Crippen molar-refractivity contribution in [2.75, 3.05) is 47.5 Å². The first-order chi connectivity index (χ1) is 29.0. The van der Waals surface area contributed by atoms with Crippen LogP contribution in [0.1, 0.15) is 142 Å². The summed E-state index contributed by atoms with van der Waals surface area (Å²) in [4.78, 5) is 35.4. The number of phosphoric acid groups is 1. The monoisotopic (exact) mass is 857 g/mol. The zero-order valence-corrected chi connectivity index (χ0v) is 39.0. The Bertz CT molecular complexity index is 1380. The Morgan fingerprint density at radius 3 is 1.52 bits per heavy atom. The van der Waals surface area contributed by atoms with Gasteiger partial charge in [0.1, 0.15) is 19.8 Å². The zero-order valence-electron chi connectivity index (χ0n) is 38.1. The average Bonchev–Trinajstić information content (AvgIpc) is 3.20. The van der Waals surface area contributed by atoms with Crippen LogP contribution in [0.15, 0.2) is 109 Å². The van der Waals surface area contributed by atoms with Gasteiger partial charge in [-0.1, -0.05) is 155 Å². The number of allylic oxidation sites excluding steroid dienone is 18. The number of esters is 2. The second-order valence-corrected chi connectivity index (χ2v) is 17.2. The standard InChI is InChI=1S/C50H82NO8P/c1-6-8-10-12-14-16-18-20-21-22-23-24-25-26-27-28-29-31-32-34-36-38-40-42-49(52)56-46-48(47-58-60(54,55)57-45-44-51(3,4)5)59-50(53)43-41-39-37-35-33-30-19-17-15-13-11-9-7-2/h8-11,13-17,19-21,23-24,26-27,29,31,48H,6-7,12,18,22,25,28,30,32-47H2,1-5H3/p+1/b10-8+,11-9+,15-13+,16-14+,19-17+,21-20+,24-23+,27-26+,31-29+. The summed E-state index contributed by atoms with van der Waals surface area (Å²) < 4.78 is 34.3. The molecule has 0 rings (SSSR count). The molecule has 0 amide bonds. The van der Waals surface area contributed by atoms with Crippen molar-refractivity contribution in [1.29, 1.82) is 0 Å². The van der Waals surface area contributed by atoms with Gasteiger partial charge in [-0.25, -0.2) is 4.57 Å². The molecule has 0 saturated heterocycles. The number of likely N-dealkylation sites (N-methyl/N-ethyl adjacent to an activating group) is 1. The number of quaternary nitrogens is 1. The molecule has 0 fully saturated rings. The minimum atomic E-state index is -4.40. The molecule has 0 spiro atoms. The van der Waals surface area contributed by atoms with Gasteiger partial charge in [0.2, 0.25) is 0 Å². The third kappa shape index (κ3) is 44.2. The van der Waals surface area contributed by atoms with Gasteiger partial charge in [-0.05, 0) is 83.5 Å². The highest BCUT2D eigenvalue weighted by atomic mass is 31.2. The first-order valence-corrected chi connectivity index (χ1v) is 24.1. The molecule has 0 aromatic carbocycles. The lowest BCUT2D eigenvalue weighted by atomic mass is 10.1. The molecule has 60 heavy (non-hydrogen) atoms. The van der Waals surface area contributed by atoms with E-state index in [0.29, 0.717) is 23.9 Å². The molecule has 0 aliphatic heterocycles. The third-order valence-electron chi connectivity index (χ3n) is 8.86. The predicted molar refractivity (Wildman–Crippen MR) is 251 cm³/mol. The van der Waals surface area contributed by atoms with Crippen LogP contribution in [0, 0.1) is 0 Å². The van der Waals surface area contributed by atoms with Crippen molar-refractivity contribution in [2.45, 2.75) is 148 Å². The number of nitrogens with zero attached hydrogens (tertiary/aromatic N) is 1. The fourth-order valence-electron chi connectivity index (χ4n) is 5.37. The molecule has 340 valence electrons. The molecule has 2 unspecified atom stereocenters. The van der Waals surface area contributed by atoms with Crippen LogP contribution in [0.5, 0.6) is 0 Å². The van der Waals surface area contributed by atoms with Gasteiger partial charge >= 0.3 is 19.8 Å². The van der Waals surface area contributed by atoms with E-state index in [0.717, 1.165) is 103 Å². The number of phosphoric ester groups is 1. The largest absolute Gasteiger partial charge is 0.472 e. The highest BCUT2D eigenvalue weighted by Gasteiger charge is 2.27. The van der Waals surface area contributed by atoms with Crippen molar-refractivity contribution in [3.8, 4) is 0 Å². The lowest BCUT2D eigenvalue weighted by Crippen LogP contribution is -2.37. The van der Waals surface area contributed by atoms with Crippen molar-refractivity contribution in [1.82, 2.24) is 0 Å². The van der Waals surface area contributed by atoms with Crippen LogP contribution in [-0.4, -0.2) is 74.9 Å². The van der Waals surface area contributed by atoms with Crippen LogP contribution >= 0.6 is 7.82 Å². The van der Waals surface area contributed by atoms with Gasteiger partial charge in [0.15, 0.2) is 6.10 Å². The van der Waals surface area contributed by atoms with Crippen LogP contribution < -0.4 is 0 Å². The topological polar surface area (TPSA) is 108 Å². The number of carbonyl (C=O) groups is 2. The smallest absolute Gasteiger partial charge is 0.462 e. The number of ether oxygens (including phenoxy) is 2. The van der Waals surface area contributed by atoms with Crippen LogP contribution in [-0.2, 0) is 32.7 Å². The van der Waals surface area contributed by atoms with E-state index < -0.39 is 32.5 Å². The van der Waals surface area contributed by atoms with Crippen molar-refractivity contribution >= 4 is 19.8 Å². The maximum atomic E-state index is 12.7. The Morgan fingerprint density at radius 1 is 0.533 bits per heavy atom. The molecule has 9 nitrogen and oxygen atoms in total. The number of hydrogen-bond acceptors (Lipinski definition) is 7. The zero-order chi connectivity index (χ0) is 44.3. The van der Waals surface area contributed by atoms with Crippen LogP contribution in [0.25, 0.3) is 0 Å². The van der Waals surface area contributed by atoms with E-state index in [2.05, 4.69) is 105 Å². The van der Waals surface area contributed by atoms with Gasteiger partial charge in [-0.3, -0.25) is 18.6 Å². The van der Waals surface area contributed by atoms with E-state index in [9.17, 15) is 19.0 Å². The number of carbonyl (C=O) groups excluding carboxylic acids is 2. The first-order valence-electron chi connectivity index (χ1n) is 22.6. The Kier molecular flexibility index (Phi) is 38.8. The van der Waals surface area contributed by atoms with Crippen LogP contribution in [0.3, 0.4) is 0 Å². The highest BCUT2D eigenvalue weighted by Crippen LogP contribution is 2.43. The second-order valence-electron chi connectivity index (χ2n) is 15.7. The summed E-state index contributed by atoms with van der Waals surface area (Å²) in [6, 6.07) is 0. The Labute approximate surface area is 366 Å². The van der Waals surface area contributed by atoms with Gasteiger partial charge in [-0.2, -0.15) is 0 Å². The summed E-state index contributed by atoms with van der Waals surface area (Å²) in [5, 5.41) is 0. The summed E-state index contributed by atoms with van der Waals surface area (Å²) >= 11 is 0. The van der Waals surface area contributed by atoms with Crippen molar-refractivity contribution in [3.63, 3.8) is 0 Å². The minimum Gasteiger partial charge on any atom is -0.462 e. The molecule has 1 N–H and O–H groups in total. The average molecular weight is 857 g/mol. The fraction of sp³-hybridized carbons (Fsp3) is 0.600. The van der Waals surface area contributed by atoms with Gasteiger partial charge in [0.25, 0.3) is 0 Å². The molecule has 0 aliphatic rings. The van der Waals surface area contributed by atoms with Crippen LogP contribution in [0.2, 0.25) is 0 Å². The normalized spacial score (nSPS) is 14.6. The second kappa shape index (κ2) is 41.0. The predicted octanol–water partition coefficient (Wildman–Crippen LogP) is 13.1. The van der Waals surface area contributed by atoms with E-state index in [1.165, 1.54) is 0 Å². The van der Waals surface area contributed by atoms with Crippen LogP contribution in [0.4, 0.5) is 0 Å². The number of hydrogen-bond donors (Lipinski definition) is 1. The summed E-state index contributed by atoms with van der Waals surface area (Å²) in [5.74, 6) is -0.865. The fourth-order valence-corrected chi connectivity index (χ4v) is 6.11. The minimum absolute atomic E-state index is 0.0160. The van der Waals surface area contributed by atoms with Crippen molar-refractivity contribution in [2.24, 2.45) is 0 Å². The van der Waals surface area contributed by atoms with E-state index in [-0.39, 0.29) is 26.1 Å². The Morgan fingerprint density at radius 2 is 0.983 bits per heavy atom. The summed E-state index contributed by atoms with van der Waals surface area (Å²) in [7, 11) is 1.42. The highest BCUT2D eigenvalue weighted by molar-refractivity contribution is 7.47. The molecule has 0 radical (unpaired) electrons. The van der Waals surface area contributed by atoms with Crippen molar-refractivity contribution in [3.05, 3.63) is 109 Å². The van der Waals surface area contributed by atoms with Gasteiger partial charge in [-0.15, -0.1) is 0 Å². The van der Waals surface area contributed by atoms with Gasteiger partial charge in [0, 0.05) is 12.8 Å². The molecule has 0 aliphatic carbocycles. The van der Waals surface area contributed by atoms with E-state index in [4.69, 9.17) is 18.5 Å². The quantitative estimate of drug-likeness (QED) is 0.0163.